The van der Waals surface area contributed by atoms with Gasteiger partial charge in [0.05, 0.1) is 51.7 Å². The monoisotopic (exact) mass is 756 g/mol. The van der Waals surface area contributed by atoms with Gasteiger partial charge in [0.1, 0.15) is 47.5 Å². The molecule has 3 saturated carbocycles. The van der Waals surface area contributed by atoms with E-state index in [1.165, 1.54) is 0 Å². The molecule has 2 aliphatic heterocycles. The van der Waals surface area contributed by atoms with E-state index >= 15 is 4.79 Å². The van der Waals surface area contributed by atoms with Crippen molar-refractivity contribution < 1.29 is 47.4 Å². The normalized spacial score (nSPS) is 35.6. The highest BCUT2D eigenvalue weighted by Crippen LogP contribution is 2.69. The topological polar surface area (TPSA) is 103 Å². The highest BCUT2D eigenvalue weighted by Gasteiger charge is 2.77. The predicted molar refractivity (Wildman–Crippen MR) is 204 cm³/mol. The Morgan fingerprint density at radius 3 is 2.05 bits per heavy atom. The number of Topliss-reactive ketones (excluding diaryl/α,β-unsaturated/α-hetero) is 1. The first-order valence-electron chi connectivity index (χ1n) is 19.7. The zero-order chi connectivity index (χ0) is 38.6. The van der Waals surface area contributed by atoms with Crippen LogP contribution in [0.1, 0.15) is 71.4 Å². The lowest BCUT2D eigenvalue weighted by atomic mass is 9.53. The second-order valence-electron chi connectivity index (χ2n) is 17.2. The number of rotatable bonds is 12. The van der Waals surface area contributed by atoms with Crippen molar-refractivity contribution in [1.29, 1.82) is 0 Å². The molecule has 3 aromatic carbocycles. The lowest BCUT2D eigenvalue weighted by Crippen LogP contribution is -2.70. The van der Waals surface area contributed by atoms with E-state index in [1.807, 2.05) is 92.7 Å². The summed E-state index contributed by atoms with van der Waals surface area (Å²) in [5.41, 5.74) is -0.810. The summed E-state index contributed by atoms with van der Waals surface area (Å²) < 4.78 is 58.1. The Morgan fingerprint density at radius 1 is 0.745 bits per heavy atom. The van der Waals surface area contributed by atoms with Crippen molar-refractivity contribution >= 4 is 5.78 Å². The molecule has 55 heavy (non-hydrogen) atoms. The molecule has 2 heterocycles. The molecule has 0 radical (unpaired) electrons. The van der Waals surface area contributed by atoms with Crippen LogP contribution in [0.5, 0.6) is 17.2 Å². The molecule has 8 rings (SSSR count). The fourth-order valence-corrected chi connectivity index (χ4v) is 10.5. The highest BCUT2D eigenvalue weighted by atomic mass is 16.8. The van der Waals surface area contributed by atoms with Crippen LogP contribution >= 0.6 is 0 Å². The molecule has 0 N–H and O–H groups in total. The maximum Gasteiger partial charge on any atom is 0.170 e. The van der Waals surface area contributed by atoms with Gasteiger partial charge in [-0.2, -0.15) is 0 Å². The molecule has 1 unspecified atom stereocenters. The number of methoxy groups -OCH3 is 2. The Bertz CT molecular complexity index is 1810. The van der Waals surface area contributed by atoms with Gasteiger partial charge in [-0.25, -0.2) is 0 Å². The number of epoxide rings is 1. The van der Waals surface area contributed by atoms with Gasteiger partial charge < -0.3 is 42.6 Å². The molecule has 296 valence electrons. The van der Waals surface area contributed by atoms with Crippen molar-refractivity contribution in [3.8, 4) is 17.2 Å². The van der Waals surface area contributed by atoms with Gasteiger partial charge in [-0.1, -0.05) is 56.3 Å². The van der Waals surface area contributed by atoms with E-state index in [1.54, 1.807) is 14.2 Å². The Morgan fingerprint density at radius 2 is 1.40 bits per heavy atom. The van der Waals surface area contributed by atoms with Crippen molar-refractivity contribution in [2.45, 2.75) is 115 Å². The van der Waals surface area contributed by atoms with Crippen molar-refractivity contribution in [1.82, 2.24) is 0 Å². The Kier molecular flexibility index (Phi) is 10.1. The fraction of sp³-hybridized carbons (Fsp3) is 0.578. The van der Waals surface area contributed by atoms with Gasteiger partial charge in [0.25, 0.3) is 0 Å². The zero-order valence-corrected chi connectivity index (χ0v) is 33.2. The summed E-state index contributed by atoms with van der Waals surface area (Å²) >= 11 is 0. The molecule has 10 heteroatoms. The number of carbonyl (C=O) groups is 1. The molecule has 10 nitrogen and oxygen atoms in total. The van der Waals surface area contributed by atoms with Crippen LogP contribution in [0.2, 0.25) is 0 Å². The summed E-state index contributed by atoms with van der Waals surface area (Å²) in [6, 6.07) is 25.4. The van der Waals surface area contributed by atoms with Crippen LogP contribution in [0.15, 0.2) is 78.9 Å². The zero-order valence-electron chi connectivity index (χ0n) is 33.2. The number of ketones is 1. The maximum absolute atomic E-state index is 16.0. The highest BCUT2D eigenvalue weighted by molar-refractivity contribution is 5.90. The molecule has 3 aromatic rings. The minimum atomic E-state index is -1.10. The van der Waals surface area contributed by atoms with Gasteiger partial charge >= 0.3 is 0 Å². The smallest absolute Gasteiger partial charge is 0.170 e. The minimum absolute atomic E-state index is 0.00355. The van der Waals surface area contributed by atoms with Crippen LogP contribution in [0.3, 0.4) is 0 Å². The standard InChI is InChI=1S/C45H56O10/c1-41(2)34-21-22-45(41)38(54-45)23-35-43(5,40(46)39(34)50-26-30-13-15-31(47-6)16-14-30)36(51-28-49-25-29-11-9-8-10-12-29)24-37(44(35)27-52-42(3,4)55-44)53-33-19-17-32(48-7)18-20-33/h8-20,34-39H,21-28H2,1-7H3/t34?,35-,36-,37+,38-,39+,43-,44+,45+/m0/s1. The lowest BCUT2D eigenvalue weighted by Gasteiger charge is -2.57. The van der Waals surface area contributed by atoms with Crippen molar-refractivity contribution in [3.05, 3.63) is 90.0 Å². The Hall–Kier alpha value is -3.51. The van der Waals surface area contributed by atoms with Gasteiger partial charge in [0.15, 0.2) is 11.6 Å². The number of fused-ring (bicyclic) bond motifs is 3. The summed E-state index contributed by atoms with van der Waals surface area (Å²) in [6.07, 6.45) is 0.679. The van der Waals surface area contributed by atoms with E-state index < -0.39 is 41.0 Å². The van der Waals surface area contributed by atoms with Crippen molar-refractivity contribution in [2.75, 3.05) is 27.6 Å². The van der Waals surface area contributed by atoms with Crippen LogP contribution in [0.25, 0.3) is 0 Å². The minimum Gasteiger partial charge on any atom is -0.497 e. The van der Waals surface area contributed by atoms with E-state index in [4.69, 9.17) is 42.6 Å². The number of hydrogen-bond acceptors (Lipinski definition) is 10. The summed E-state index contributed by atoms with van der Waals surface area (Å²) in [5, 5.41) is 0. The lowest BCUT2D eigenvalue weighted by molar-refractivity contribution is -0.260. The van der Waals surface area contributed by atoms with Crippen LogP contribution < -0.4 is 14.2 Å². The van der Waals surface area contributed by atoms with Gasteiger partial charge in [-0.15, -0.1) is 0 Å². The molecular formula is C45H56O10. The van der Waals surface area contributed by atoms with E-state index in [-0.39, 0.29) is 48.8 Å². The summed E-state index contributed by atoms with van der Waals surface area (Å²) in [5.74, 6) is 0.770. The van der Waals surface area contributed by atoms with E-state index in [0.717, 1.165) is 35.5 Å². The number of ether oxygens (including phenoxy) is 9. The van der Waals surface area contributed by atoms with Crippen molar-refractivity contribution in [3.63, 3.8) is 0 Å². The van der Waals surface area contributed by atoms with Gasteiger partial charge in [-0.05, 0) is 87.6 Å². The largest absolute Gasteiger partial charge is 0.497 e. The molecule has 0 aromatic heterocycles. The average molecular weight is 757 g/mol. The molecule has 9 atom stereocenters. The Balaban J connectivity index is 1.20. The van der Waals surface area contributed by atoms with Crippen LogP contribution in [0, 0.1) is 22.7 Å². The van der Waals surface area contributed by atoms with E-state index in [0.29, 0.717) is 25.2 Å². The number of benzene rings is 3. The molecule has 5 fully saturated rings. The van der Waals surface area contributed by atoms with Gasteiger partial charge in [-0.3, -0.25) is 4.79 Å². The van der Waals surface area contributed by atoms with Crippen LogP contribution in [0.4, 0.5) is 0 Å². The summed E-state index contributed by atoms with van der Waals surface area (Å²) in [7, 11) is 3.29. The van der Waals surface area contributed by atoms with Gasteiger partial charge in [0.2, 0.25) is 0 Å². The second-order valence-corrected chi connectivity index (χ2v) is 17.2. The molecule has 2 saturated heterocycles. The second kappa shape index (κ2) is 14.5. The molecular weight excluding hydrogens is 700 g/mol. The first-order valence-corrected chi connectivity index (χ1v) is 19.7. The van der Waals surface area contributed by atoms with E-state index in [2.05, 4.69) is 20.8 Å². The third-order valence-electron chi connectivity index (χ3n) is 13.7. The molecule has 3 aliphatic carbocycles. The Labute approximate surface area is 325 Å². The fourth-order valence-electron chi connectivity index (χ4n) is 10.5. The van der Waals surface area contributed by atoms with Crippen molar-refractivity contribution in [2.24, 2.45) is 22.7 Å². The number of carbonyl (C=O) groups excluding carboxylic acids is 1. The van der Waals surface area contributed by atoms with Gasteiger partial charge in [0, 0.05) is 23.7 Å². The molecule has 0 amide bonds. The molecule has 5 aliphatic rings. The van der Waals surface area contributed by atoms with E-state index in [9.17, 15) is 0 Å². The van der Waals surface area contributed by atoms with Crippen LogP contribution in [-0.2, 0) is 46.4 Å². The van der Waals surface area contributed by atoms with Crippen LogP contribution in [-0.4, -0.2) is 74.8 Å². The average Bonchev–Trinajstić information content (AvgIpc) is 3.72. The predicted octanol–water partition coefficient (Wildman–Crippen LogP) is 7.69. The maximum atomic E-state index is 16.0. The first kappa shape index (κ1) is 38.4. The third-order valence-corrected chi connectivity index (χ3v) is 13.7. The molecule has 2 bridgehead atoms. The SMILES string of the molecule is COc1ccc(CO[C@H]2C(=O)[C@]3(C)[C@@H](OCOCc4ccccc4)C[C@@H](Oc4ccc(OC)cc4)[C@@]4(COC(C)(C)O4)[C@H]3C[C@@H]3O[C@]34CCC2C4(C)C)cc1. The third kappa shape index (κ3) is 6.66. The molecule has 2 spiro atoms. The first-order chi connectivity index (χ1) is 26.3. The summed E-state index contributed by atoms with van der Waals surface area (Å²) in [6.45, 7) is 11.3. The quantitative estimate of drug-likeness (QED) is 0.104. The number of hydrogen-bond donors (Lipinski definition) is 0. The summed E-state index contributed by atoms with van der Waals surface area (Å²) in [4.78, 5) is 16.0.